The summed E-state index contributed by atoms with van der Waals surface area (Å²) in [5, 5.41) is 3.28. The van der Waals surface area contributed by atoms with Gasteiger partial charge in [-0.3, -0.25) is 4.79 Å². The Morgan fingerprint density at radius 2 is 1.85 bits per heavy atom. The molecule has 3 aliphatic carbocycles. The first-order valence-electron chi connectivity index (χ1n) is 8.72. The number of nitrogens with one attached hydrogen (secondary N) is 1. The zero-order chi connectivity index (χ0) is 14.0. The van der Waals surface area contributed by atoms with Gasteiger partial charge in [0, 0.05) is 13.1 Å². The Morgan fingerprint density at radius 3 is 2.40 bits per heavy atom. The van der Waals surface area contributed by atoms with Gasteiger partial charge in [0.15, 0.2) is 0 Å². The van der Waals surface area contributed by atoms with E-state index in [2.05, 4.69) is 5.32 Å². The maximum absolute atomic E-state index is 12.7. The molecule has 3 N–H and O–H groups in total. The van der Waals surface area contributed by atoms with Gasteiger partial charge in [0.05, 0.1) is 5.41 Å². The minimum atomic E-state index is -0.256. The number of carbonyl (C=O) groups excluding carboxylic acids is 1. The molecule has 3 atom stereocenters. The van der Waals surface area contributed by atoms with Crippen molar-refractivity contribution in [2.75, 3.05) is 13.1 Å². The second-order valence-corrected chi connectivity index (χ2v) is 7.54. The lowest BCUT2D eigenvalue weighted by atomic mass is 9.79. The second-order valence-electron chi connectivity index (χ2n) is 7.54. The van der Waals surface area contributed by atoms with E-state index in [1.165, 1.54) is 51.4 Å². The van der Waals surface area contributed by atoms with Crippen molar-refractivity contribution in [2.45, 2.75) is 64.2 Å². The molecule has 1 amide bonds. The average Bonchev–Trinajstić information content (AvgIpc) is 3.00. The van der Waals surface area contributed by atoms with E-state index < -0.39 is 0 Å². The highest BCUT2D eigenvalue weighted by Gasteiger charge is 2.41. The summed E-state index contributed by atoms with van der Waals surface area (Å²) < 4.78 is 0. The molecular weight excluding hydrogens is 248 g/mol. The van der Waals surface area contributed by atoms with E-state index in [-0.39, 0.29) is 11.3 Å². The van der Waals surface area contributed by atoms with Crippen molar-refractivity contribution < 1.29 is 4.79 Å². The van der Waals surface area contributed by atoms with Crippen LogP contribution in [0.15, 0.2) is 0 Å². The molecule has 3 unspecified atom stereocenters. The molecular formula is C17H30N2O. The first-order chi connectivity index (χ1) is 9.73. The molecule has 114 valence electrons. The fourth-order valence-electron chi connectivity index (χ4n) is 4.97. The minimum absolute atomic E-state index is 0.254. The van der Waals surface area contributed by atoms with E-state index in [1.807, 2.05) is 0 Å². The van der Waals surface area contributed by atoms with Gasteiger partial charge >= 0.3 is 0 Å². The van der Waals surface area contributed by atoms with Crippen molar-refractivity contribution in [3.8, 4) is 0 Å². The van der Waals surface area contributed by atoms with Crippen molar-refractivity contribution in [3.63, 3.8) is 0 Å². The summed E-state index contributed by atoms with van der Waals surface area (Å²) in [4.78, 5) is 12.7. The van der Waals surface area contributed by atoms with E-state index in [0.29, 0.717) is 6.54 Å². The molecule has 3 heteroatoms. The van der Waals surface area contributed by atoms with Crippen LogP contribution in [0.25, 0.3) is 0 Å². The molecule has 0 radical (unpaired) electrons. The zero-order valence-corrected chi connectivity index (χ0v) is 12.7. The van der Waals surface area contributed by atoms with Gasteiger partial charge in [-0.25, -0.2) is 0 Å². The zero-order valence-electron chi connectivity index (χ0n) is 12.7. The van der Waals surface area contributed by atoms with E-state index in [9.17, 15) is 4.79 Å². The number of fused-ring (bicyclic) bond motifs is 2. The maximum Gasteiger partial charge on any atom is 0.227 e. The van der Waals surface area contributed by atoms with Crippen LogP contribution in [0.5, 0.6) is 0 Å². The average molecular weight is 278 g/mol. The lowest BCUT2D eigenvalue weighted by Crippen LogP contribution is -2.47. The molecule has 0 aromatic heterocycles. The molecule has 0 heterocycles. The molecule has 3 aliphatic rings. The van der Waals surface area contributed by atoms with Crippen LogP contribution >= 0.6 is 0 Å². The third kappa shape index (κ3) is 2.74. The number of carbonyl (C=O) groups is 1. The molecule has 3 nitrogen and oxygen atoms in total. The topological polar surface area (TPSA) is 55.1 Å². The van der Waals surface area contributed by atoms with Crippen LogP contribution in [0, 0.1) is 23.2 Å². The third-order valence-corrected chi connectivity index (χ3v) is 6.34. The Morgan fingerprint density at radius 1 is 1.10 bits per heavy atom. The quantitative estimate of drug-likeness (QED) is 0.777. The van der Waals surface area contributed by atoms with E-state index in [1.54, 1.807) is 0 Å². The molecule has 3 fully saturated rings. The first-order valence-corrected chi connectivity index (χ1v) is 8.72. The van der Waals surface area contributed by atoms with Crippen LogP contribution in [0.3, 0.4) is 0 Å². The Kier molecular flexibility index (Phi) is 4.34. The SMILES string of the molecule is NCC1(C(=O)NCC2CC3CCC2C3)CCCCCC1. The summed E-state index contributed by atoms with van der Waals surface area (Å²) >= 11 is 0. The van der Waals surface area contributed by atoms with Crippen LogP contribution in [0.4, 0.5) is 0 Å². The predicted octanol–water partition coefficient (Wildman–Crippen LogP) is 2.84. The summed E-state index contributed by atoms with van der Waals surface area (Å²) in [7, 11) is 0. The fourth-order valence-corrected chi connectivity index (χ4v) is 4.97. The van der Waals surface area contributed by atoms with Crippen LogP contribution in [-0.2, 0) is 4.79 Å². The second kappa shape index (κ2) is 6.05. The molecule has 3 rings (SSSR count). The summed E-state index contributed by atoms with van der Waals surface area (Å²) in [6, 6.07) is 0. The van der Waals surface area contributed by atoms with Crippen LogP contribution < -0.4 is 11.1 Å². The van der Waals surface area contributed by atoms with Gasteiger partial charge in [-0.1, -0.05) is 32.1 Å². The molecule has 0 aliphatic heterocycles. The van der Waals surface area contributed by atoms with Gasteiger partial charge in [0.25, 0.3) is 0 Å². The fraction of sp³-hybridized carbons (Fsp3) is 0.941. The molecule has 0 aromatic carbocycles. The molecule has 0 spiro atoms. The maximum atomic E-state index is 12.7. The Balaban J connectivity index is 1.54. The third-order valence-electron chi connectivity index (χ3n) is 6.34. The largest absolute Gasteiger partial charge is 0.355 e. The van der Waals surface area contributed by atoms with E-state index >= 15 is 0 Å². The summed E-state index contributed by atoms with van der Waals surface area (Å²) in [5.74, 6) is 2.86. The van der Waals surface area contributed by atoms with E-state index in [4.69, 9.17) is 5.73 Å². The van der Waals surface area contributed by atoms with Crippen molar-refractivity contribution in [2.24, 2.45) is 28.9 Å². The highest BCUT2D eigenvalue weighted by atomic mass is 16.2. The van der Waals surface area contributed by atoms with Gasteiger partial charge in [-0.15, -0.1) is 0 Å². The summed E-state index contributed by atoms with van der Waals surface area (Å²) in [6.45, 7) is 1.43. The molecule has 3 saturated carbocycles. The van der Waals surface area contributed by atoms with Crippen molar-refractivity contribution in [1.82, 2.24) is 5.32 Å². The van der Waals surface area contributed by atoms with Gasteiger partial charge in [-0.05, 0) is 49.9 Å². The van der Waals surface area contributed by atoms with Crippen molar-refractivity contribution in [1.29, 1.82) is 0 Å². The standard InChI is InChI=1S/C17H30N2O/c18-12-17(7-3-1-2-4-8-17)16(20)19-11-15-10-13-5-6-14(15)9-13/h13-15H,1-12,18H2,(H,19,20). The highest BCUT2D eigenvalue weighted by Crippen LogP contribution is 2.48. The van der Waals surface area contributed by atoms with Crippen LogP contribution in [0.2, 0.25) is 0 Å². The minimum Gasteiger partial charge on any atom is -0.355 e. The highest BCUT2D eigenvalue weighted by molar-refractivity contribution is 5.82. The van der Waals surface area contributed by atoms with Crippen LogP contribution in [0.1, 0.15) is 64.2 Å². The van der Waals surface area contributed by atoms with Gasteiger partial charge in [0.1, 0.15) is 0 Å². The predicted molar refractivity (Wildman–Crippen MR) is 81.1 cm³/mol. The monoisotopic (exact) mass is 278 g/mol. The number of nitrogens with two attached hydrogens (primary N) is 1. The molecule has 2 bridgehead atoms. The van der Waals surface area contributed by atoms with Crippen molar-refractivity contribution >= 4 is 5.91 Å². The molecule has 0 aromatic rings. The van der Waals surface area contributed by atoms with Crippen molar-refractivity contribution in [3.05, 3.63) is 0 Å². The number of hydrogen-bond acceptors (Lipinski definition) is 2. The smallest absolute Gasteiger partial charge is 0.227 e. The number of hydrogen-bond donors (Lipinski definition) is 2. The summed E-state index contributed by atoms with van der Waals surface area (Å²) in [5.41, 5.74) is 5.74. The summed E-state index contributed by atoms with van der Waals surface area (Å²) in [6.07, 6.45) is 12.4. The van der Waals surface area contributed by atoms with Gasteiger partial charge < -0.3 is 11.1 Å². The molecule has 0 saturated heterocycles. The number of rotatable bonds is 4. The first kappa shape index (κ1) is 14.4. The number of amides is 1. The lowest BCUT2D eigenvalue weighted by Gasteiger charge is -2.31. The molecule has 20 heavy (non-hydrogen) atoms. The Labute approximate surface area is 123 Å². The van der Waals surface area contributed by atoms with Gasteiger partial charge in [-0.2, -0.15) is 0 Å². The lowest BCUT2D eigenvalue weighted by molar-refractivity contribution is -0.131. The normalized spacial score (nSPS) is 35.8. The van der Waals surface area contributed by atoms with Gasteiger partial charge in [0.2, 0.25) is 5.91 Å². The van der Waals surface area contributed by atoms with E-state index in [0.717, 1.165) is 37.1 Å². The Hall–Kier alpha value is -0.570. The van der Waals surface area contributed by atoms with Crippen LogP contribution in [-0.4, -0.2) is 19.0 Å². The Bertz CT molecular complexity index is 347.